The van der Waals surface area contributed by atoms with E-state index in [1.807, 2.05) is 20.8 Å². The molecular formula is C16H34IN5O3S. The Hall–Kier alpha value is -0.620. The van der Waals surface area contributed by atoms with Crippen LogP contribution in [0.5, 0.6) is 0 Å². The number of nitrogens with zero attached hydrogens (tertiary/aromatic N) is 2. The Labute approximate surface area is 175 Å². The Morgan fingerprint density at radius 2 is 1.69 bits per heavy atom. The zero-order valence-corrected chi connectivity index (χ0v) is 19.6. The molecule has 10 heteroatoms. The van der Waals surface area contributed by atoms with Gasteiger partial charge >= 0.3 is 0 Å². The van der Waals surface area contributed by atoms with E-state index < -0.39 is 15.4 Å². The summed E-state index contributed by atoms with van der Waals surface area (Å²) in [5.41, 5.74) is -0.396. The maximum atomic E-state index is 11.9. The number of hydrogen-bond donors (Lipinski definition) is 3. The number of hydrogen-bond acceptors (Lipinski definition) is 4. The number of guanidine groups is 1. The number of aliphatic imine (C=N–C) groups is 1. The maximum absolute atomic E-state index is 11.9. The molecule has 1 amide bonds. The predicted molar refractivity (Wildman–Crippen MR) is 116 cm³/mol. The SMILES string of the molecule is CCS(=O)(=O)N1CCC(NC(=NC)NCCNC(=O)C(C)(C)C)CC1.I. The third kappa shape index (κ3) is 8.38. The Morgan fingerprint density at radius 1 is 1.15 bits per heavy atom. The van der Waals surface area contributed by atoms with Gasteiger partial charge in [0.1, 0.15) is 0 Å². The quantitative estimate of drug-likeness (QED) is 0.215. The van der Waals surface area contributed by atoms with E-state index in [4.69, 9.17) is 0 Å². The van der Waals surface area contributed by atoms with Gasteiger partial charge in [0.25, 0.3) is 0 Å². The van der Waals surface area contributed by atoms with Gasteiger partial charge in [-0.05, 0) is 19.8 Å². The molecule has 0 aliphatic carbocycles. The molecule has 1 fully saturated rings. The monoisotopic (exact) mass is 503 g/mol. The fraction of sp³-hybridized carbons (Fsp3) is 0.875. The lowest BCUT2D eigenvalue weighted by molar-refractivity contribution is -0.128. The van der Waals surface area contributed by atoms with Crippen molar-refractivity contribution in [3.05, 3.63) is 0 Å². The van der Waals surface area contributed by atoms with E-state index in [1.165, 1.54) is 0 Å². The Balaban J connectivity index is 0.00000625. The highest BCUT2D eigenvalue weighted by Crippen LogP contribution is 2.14. The first-order valence-electron chi connectivity index (χ1n) is 8.83. The van der Waals surface area contributed by atoms with E-state index in [2.05, 4.69) is 20.9 Å². The van der Waals surface area contributed by atoms with Crippen LogP contribution in [0.25, 0.3) is 0 Å². The molecule has 0 bridgehead atoms. The van der Waals surface area contributed by atoms with Crippen LogP contribution in [-0.2, 0) is 14.8 Å². The molecule has 0 aromatic rings. The summed E-state index contributed by atoms with van der Waals surface area (Å²) in [4.78, 5) is 16.0. The molecule has 8 nitrogen and oxygen atoms in total. The fourth-order valence-electron chi connectivity index (χ4n) is 2.47. The topological polar surface area (TPSA) is 103 Å². The van der Waals surface area contributed by atoms with E-state index >= 15 is 0 Å². The molecular weight excluding hydrogens is 469 g/mol. The van der Waals surface area contributed by atoms with E-state index in [-0.39, 0.29) is 41.7 Å². The predicted octanol–water partition coefficient (Wildman–Crippen LogP) is 0.746. The van der Waals surface area contributed by atoms with Gasteiger partial charge in [-0.15, -0.1) is 24.0 Å². The summed E-state index contributed by atoms with van der Waals surface area (Å²) in [6, 6.07) is 0.193. The largest absolute Gasteiger partial charge is 0.355 e. The van der Waals surface area contributed by atoms with Crippen LogP contribution in [0.4, 0.5) is 0 Å². The smallest absolute Gasteiger partial charge is 0.225 e. The van der Waals surface area contributed by atoms with Crippen molar-refractivity contribution < 1.29 is 13.2 Å². The van der Waals surface area contributed by atoms with Gasteiger partial charge in [-0.1, -0.05) is 20.8 Å². The van der Waals surface area contributed by atoms with Crippen molar-refractivity contribution in [1.29, 1.82) is 0 Å². The van der Waals surface area contributed by atoms with Crippen LogP contribution in [0.3, 0.4) is 0 Å². The Bertz CT molecular complexity index is 567. The minimum atomic E-state index is -3.10. The molecule has 0 atom stereocenters. The summed E-state index contributed by atoms with van der Waals surface area (Å²) in [5.74, 6) is 0.831. The molecule has 0 spiro atoms. The number of amides is 1. The van der Waals surface area contributed by atoms with Gasteiger partial charge < -0.3 is 16.0 Å². The van der Waals surface area contributed by atoms with Gasteiger partial charge in [0.15, 0.2) is 5.96 Å². The standard InChI is InChI=1S/C16H33N5O3S.HI/c1-6-25(23,24)21-11-7-13(8-12-21)20-15(17-5)19-10-9-18-14(22)16(2,3)4;/h13H,6-12H2,1-5H3,(H,18,22)(H2,17,19,20);1H. The molecule has 1 saturated heterocycles. The molecule has 1 heterocycles. The highest BCUT2D eigenvalue weighted by atomic mass is 127. The van der Waals surface area contributed by atoms with Crippen LogP contribution in [0, 0.1) is 5.41 Å². The van der Waals surface area contributed by atoms with Crippen molar-refractivity contribution in [2.75, 3.05) is 39.0 Å². The van der Waals surface area contributed by atoms with E-state index in [0.717, 1.165) is 12.8 Å². The number of carbonyl (C=O) groups excluding carboxylic acids is 1. The van der Waals surface area contributed by atoms with Gasteiger partial charge in [0.2, 0.25) is 15.9 Å². The first-order chi connectivity index (χ1) is 11.6. The molecule has 1 rings (SSSR count). The number of carbonyl (C=O) groups is 1. The first kappa shape index (κ1) is 25.4. The molecule has 0 saturated carbocycles. The third-order valence-corrected chi connectivity index (χ3v) is 6.04. The molecule has 0 radical (unpaired) electrons. The molecule has 0 unspecified atom stereocenters. The lowest BCUT2D eigenvalue weighted by Gasteiger charge is -2.32. The minimum Gasteiger partial charge on any atom is -0.355 e. The van der Waals surface area contributed by atoms with Crippen molar-refractivity contribution in [1.82, 2.24) is 20.3 Å². The zero-order chi connectivity index (χ0) is 19.1. The van der Waals surface area contributed by atoms with Crippen molar-refractivity contribution in [2.24, 2.45) is 10.4 Å². The van der Waals surface area contributed by atoms with Crippen molar-refractivity contribution >= 4 is 45.9 Å². The minimum absolute atomic E-state index is 0. The second-order valence-corrected chi connectivity index (χ2v) is 9.48. The van der Waals surface area contributed by atoms with Crippen LogP contribution < -0.4 is 16.0 Å². The first-order valence-corrected chi connectivity index (χ1v) is 10.4. The van der Waals surface area contributed by atoms with Crippen LogP contribution >= 0.6 is 24.0 Å². The summed E-state index contributed by atoms with van der Waals surface area (Å²) in [7, 11) is -1.40. The van der Waals surface area contributed by atoms with Crippen molar-refractivity contribution in [3.63, 3.8) is 0 Å². The molecule has 154 valence electrons. The molecule has 0 aromatic heterocycles. The van der Waals surface area contributed by atoms with Crippen LogP contribution in [0.1, 0.15) is 40.5 Å². The lowest BCUT2D eigenvalue weighted by atomic mass is 9.96. The van der Waals surface area contributed by atoms with Crippen LogP contribution in [0.2, 0.25) is 0 Å². The van der Waals surface area contributed by atoms with E-state index in [0.29, 0.717) is 32.1 Å². The van der Waals surface area contributed by atoms with E-state index in [9.17, 15) is 13.2 Å². The van der Waals surface area contributed by atoms with Gasteiger partial charge in [0.05, 0.1) is 5.75 Å². The number of nitrogens with one attached hydrogen (secondary N) is 3. The fourth-order valence-corrected chi connectivity index (χ4v) is 3.60. The molecule has 1 aliphatic rings. The molecule has 3 N–H and O–H groups in total. The highest BCUT2D eigenvalue weighted by molar-refractivity contribution is 14.0. The average molecular weight is 503 g/mol. The number of halogens is 1. The number of rotatable bonds is 6. The number of sulfonamides is 1. The Kier molecular flexibility index (Phi) is 11.0. The summed E-state index contributed by atoms with van der Waals surface area (Å²) in [6.45, 7) is 9.46. The van der Waals surface area contributed by atoms with Crippen LogP contribution in [0.15, 0.2) is 4.99 Å². The molecule has 0 aromatic carbocycles. The van der Waals surface area contributed by atoms with Crippen LogP contribution in [-0.4, -0.2) is 69.6 Å². The van der Waals surface area contributed by atoms with Gasteiger partial charge in [-0.25, -0.2) is 12.7 Å². The lowest BCUT2D eigenvalue weighted by Crippen LogP contribution is -2.51. The van der Waals surface area contributed by atoms with Gasteiger partial charge in [-0.3, -0.25) is 9.79 Å². The van der Waals surface area contributed by atoms with Gasteiger partial charge in [0, 0.05) is 44.7 Å². The highest BCUT2D eigenvalue weighted by Gasteiger charge is 2.27. The number of piperidine rings is 1. The third-order valence-electron chi connectivity index (χ3n) is 4.16. The summed E-state index contributed by atoms with van der Waals surface area (Å²) >= 11 is 0. The summed E-state index contributed by atoms with van der Waals surface area (Å²) < 4.78 is 25.3. The zero-order valence-electron chi connectivity index (χ0n) is 16.5. The van der Waals surface area contributed by atoms with Crippen molar-refractivity contribution in [2.45, 2.75) is 46.6 Å². The summed E-state index contributed by atoms with van der Waals surface area (Å²) in [6.07, 6.45) is 1.50. The second-order valence-electron chi connectivity index (χ2n) is 7.22. The maximum Gasteiger partial charge on any atom is 0.225 e. The summed E-state index contributed by atoms with van der Waals surface area (Å²) in [5, 5.41) is 9.36. The molecule has 1 aliphatic heterocycles. The second kappa shape index (κ2) is 11.3. The normalized spacial score (nSPS) is 17.3. The Morgan fingerprint density at radius 3 is 2.15 bits per heavy atom. The van der Waals surface area contributed by atoms with Crippen molar-refractivity contribution in [3.8, 4) is 0 Å². The van der Waals surface area contributed by atoms with Gasteiger partial charge in [-0.2, -0.15) is 0 Å². The van der Waals surface area contributed by atoms with E-state index in [1.54, 1.807) is 18.3 Å². The molecule has 26 heavy (non-hydrogen) atoms. The average Bonchev–Trinajstić information content (AvgIpc) is 2.56.